The fraction of sp³-hybridized carbons (Fsp3) is 0.375. The summed E-state index contributed by atoms with van der Waals surface area (Å²) in [6.07, 6.45) is -7.27. The summed E-state index contributed by atoms with van der Waals surface area (Å²) >= 11 is 2.62. The normalized spacial score (nSPS) is 12.2. The standard InChI is InChI=1S/C8H6BrF5N2/c9-3-2-16-4(1-15)6(8(12,13)14)5(3)7(10)11/h2,7H,1,15H2. The molecular formula is C8H6BrF5N2. The van der Waals surface area contributed by atoms with Gasteiger partial charge >= 0.3 is 6.18 Å². The van der Waals surface area contributed by atoms with Gasteiger partial charge in [0.05, 0.1) is 11.3 Å². The Morgan fingerprint density at radius 2 is 1.94 bits per heavy atom. The fourth-order valence-electron chi connectivity index (χ4n) is 1.23. The van der Waals surface area contributed by atoms with Crippen LogP contribution in [0.1, 0.15) is 23.2 Å². The van der Waals surface area contributed by atoms with Gasteiger partial charge in [-0.05, 0) is 15.9 Å². The zero-order valence-electron chi connectivity index (χ0n) is 7.65. The Balaban J connectivity index is 3.56. The van der Waals surface area contributed by atoms with Crippen molar-refractivity contribution in [3.05, 3.63) is 27.5 Å². The van der Waals surface area contributed by atoms with Crippen LogP contribution in [0.3, 0.4) is 0 Å². The lowest BCUT2D eigenvalue weighted by Gasteiger charge is -2.16. The van der Waals surface area contributed by atoms with Crippen LogP contribution in [0, 0.1) is 0 Å². The van der Waals surface area contributed by atoms with Crippen molar-refractivity contribution in [1.82, 2.24) is 4.98 Å². The largest absolute Gasteiger partial charge is 0.418 e. The maximum Gasteiger partial charge on any atom is 0.418 e. The van der Waals surface area contributed by atoms with Gasteiger partial charge in [0, 0.05) is 22.8 Å². The minimum absolute atomic E-state index is 0.382. The predicted octanol–water partition coefficient (Wildman–Crippen LogP) is 3.26. The number of aromatic nitrogens is 1. The second-order valence-corrected chi connectivity index (χ2v) is 3.70. The summed E-state index contributed by atoms with van der Waals surface area (Å²) in [5, 5.41) is 0. The van der Waals surface area contributed by atoms with Gasteiger partial charge in [-0.15, -0.1) is 0 Å². The summed E-state index contributed by atoms with van der Waals surface area (Å²) in [5.41, 5.74) is 1.87. The Kier molecular flexibility index (Phi) is 3.84. The second-order valence-electron chi connectivity index (χ2n) is 2.84. The van der Waals surface area contributed by atoms with E-state index in [1.165, 1.54) is 0 Å². The molecule has 8 heteroatoms. The zero-order chi connectivity index (χ0) is 12.5. The maximum atomic E-state index is 12.6. The van der Waals surface area contributed by atoms with E-state index in [9.17, 15) is 22.0 Å². The topological polar surface area (TPSA) is 38.9 Å². The minimum atomic E-state index is -4.91. The molecule has 0 amide bonds. The van der Waals surface area contributed by atoms with Crippen molar-refractivity contribution < 1.29 is 22.0 Å². The van der Waals surface area contributed by atoms with Crippen LogP contribution in [0.15, 0.2) is 10.7 Å². The Bertz CT molecular complexity index is 391. The van der Waals surface area contributed by atoms with Gasteiger partial charge in [-0.1, -0.05) is 0 Å². The van der Waals surface area contributed by atoms with Crippen molar-refractivity contribution in [3.8, 4) is 0 Å². The quantitative estimate of drug-likeness (QED) is 0.852. The van der Waals surface area contributed by atoms with E-state index in [0.29, 0.717) is 0 Å². The van der Waals surface area contributed by atoms with Crippen LogP contribution in [-0.4, -0.2) is 4.98 Å². The van der Waals surface area contributed by atoms with Gasteiger partial charge in [-0.25, -0.2) is 8.78 Å². The van der Waals surface area contributed by atoms with Crippen LogP contribution >= 0.6 is 15.9 Å². The maximum absolute atomic E-state index is 12.6. The molecule has 0 aliphatic rings. The number of alkyl halides is 5. The summed E-state index contributed by atoms with van der Waals surface area (Å²) in [6, 6.07) is 0. The van der Waals surface area contributed by atoms with E-state index in [2.05, 4.69) is 20.9 Å². The van der Waals surface area contributed by atoms with Crippen LogP contribution in [0.4, 0.5) is 22.0 Å². The van der Waals surface area contributed by atoms with E-state index < -0.39 is 36.0 Å². The molecule has 0 unspecified atom stereocenters. The second kappa shape index (κ2) is 4.62. The fourth-order valence-corrected chi connectivity index (χ4v) is 1.70. The van der Waals surface area contributed by atoms with Gasteiger partial charge in [-0.2, -0.15) is 13.2 Å². The highest BCUT2D eigenvalue weighted by Gasteiger charge is 2.39. The molecule has 90 valence electrons. The van der Waals surface area contributed by atoms with Gasteiger partial charge in [-0.3, -0.25) is 4.98 Å². The number of nitrogens with zero attached hydrogens (tertiary/aromatic N) is 1. The Hall–Kier alpha value is -0.760. The lowest BCUT2D eigenvalue weighted by atomic mass is 10.1. The van der Waals surface area contributed by atoms with Crippen LogP contribution in [-0.2, 0) is 12.7 Å². The molecule has 0 aliphatic heterocycles. The van der Waals surface area contributed by atoms with Gasteiger partial charge in [0.25, 0.3) is 6.43 Å². The monoisotopic (exact) mass is 304 g/mol. The van der Waals surface area contributed by atoms with Gasteiger partial charge < -0.3 is 5.73 Å². The highest BCUT2D eigenvalue weighted by atomic mass is 79.9. The van der Waals surface area contributed by atoms with E-state index in [1.54, 1.807) is 0 Å². The van der Waals surface area contributed by atoms with Crippen molar-refractivity contribution >= 4 is 15.9 Å². The molecule has 16 heavy (non-hydrogen) atoms. The summed E-state index contributed by atoms with van der Waals surface area (Å²) in [5.74, 6) is 0. The van der Waals surface area contributed by atoms with E-state index in [0.717, 1.165) is 6.20 Å². The summed E-state index contributed by atoms with van der Waals surface area (Å²) in [7, 11) is 0. The van der Waals surface area contributed by atoms with Crippen LogP contribution in [0.5, 0.6) is 0 Å². The highest BCUT2D eigenvalue weighted by Crippen LogP contribution is 2.41. The lowest BCUT2D eigenvalue weighted by Crippen LogP contribution is -2.17. The zero-order valence-corrected chi connectivity index (χ0v) is 9.24. The number of halogens is 6. The van der Waals surface area contributed by atoms with E-state index in [1.807, 2.05) is 0 Å². The molecule has 0 radical (unpaired) electrons. The first kappa shape index (κ1) is 13.3. The van der Waals surface area contributed by atoms with Gasteiger partial charge in [0.15, 0.2) is 0 Å². The van der Waals surface area contributed by atoms with E-state index >= 15 is 0 Å². The number of pyridine rings is 1. The molecule has 2 N–H and O–H groups in total. The summed E-state index contributed by atoms with van der Waals surface area (Å²) in [4.78, 5) is 3.38. The van der Waals surface area contributed by atoms with Crippen LogP contribution < -0.4 is 5.73 Å². The minimum Gasteiger partial charge on any atom is -0.325 e. The number of hydrogen-bond donors (Lipinski definition) is 1. The van der Waals surface area contributed by atoms with Crippen LogP contribution in [0.25, 0.3) is 0 Å². The molecule has 0 spiro atoms. The molecule has 1 heterocycles. The molecule has 1 aromatic heterocycles. The number of nitrogens with two attached hydrogens (primary N) is 1. The molecule has 0 bridgehead atoms. The third-order valence-electron chi connectivity index (χ3n) is 1.84. The molecule has 0 saturated heterocycles. The van der Waals surface area contributed by atoms with Crippen LogP contribution in [0.2, 0.25) is 0 Å². The first-order chi connectivity index (χ1) is 7.29. The average molecular weight is 305 g/mol. The predicted molar refractivity (Wildman–Crippen MR) is 49.8 cm³/mol. The Morgan fingerprint density at radius 1 is 1.38 bits per heavy atom. The molecule has 1 aromatic rings. The van der Waals surface area contributed by atoms with E-state index in [4.69, 9.17) is 5.73 Å². The molecule has 1 rings (SSSR count). The van der Waals surface area contributed by atoms with E-state index in [-0.39, 0.29) is 4.47 Å². The molecule has 2 nitrogen and oxygen atoms in total. The molecule has 0 fully saturated rings. The third-order valence-corrected chi connectivity index (χ3v) is 2.48. The van der Waals surface area contributed by atoms with Gasteiger partial charge in [0.1, 0.15) is 0 Å². The van der Waals surface area contributed by atoms with Crippen molar-refractivity contribution in [3.63, 3.8) is 0 Å². The highest BCUT2D eigenvalue weighted by molar-refractivity contribution is 9.10. The number of hydrogen-bond acceptors (Lipinski definition) is 2. The molecule has 0 atom stereocenters. The first-order valence-electron chi connectivity index (χ1n) is 4.01. The number of rotatable bonds is 2. The molecule has 0 aliphatic carbocycles. The smallest absolute Gasteiger partial charge is 0.325 e. The van der Waals surface area contributed by atoms with Crippen molar-refractivity contribution in [1.29, 1.82) is 0 Å². The van der Waals surface area contributed by atoms with Gasteiger partial charge in [0.2, 0.25) is 0 Å². The molecule has 0 aromatic carbocycles. The first-order valence-corrected chi connectivity index (χ1v) is 4.81. The third kappa shape index (κ3) is 2.49. The van der Waals surface area contributed by atoms with Crippen molar-refractivity contribution in [2.24, 2.45) is 5.73 Å². The summed E-state index contributed by atoms with van der Waals surface area (Å²) < 4.78 is 62.4. The summed E-state index contributed by atoms with van der Waals surface area (Å²) in [6.45, 7) is -0.554. The van der Waals surface area contributed by atoms with Crippen molar-refractivity contribution in [2.45, 2.75) is 19.1 Å². The molecule has 0 saturated carbocycles. The molecular weight excluding hydrogens is 299 g/mol. The average Bonchev–Trinajstić information content (AvgIpc) is 2.15. The lowest BCUT2D eigenvalue weighted by molar-refractivity contribution is -0.140. The Labute approximate surface area is 95.8 Å². The SMILES string of the molecule is NCc1ncc(Br)c(C(F)F)c1C(F)(F)F. The Morgan fingerprint density at radius 3 is 2.31 bits per heavy atom. The van der Waals surface area contributed by atoms with Crippen molar-refractivity contribution in [2.75, 3.05) is 0 Å².